The number of rotatable bonds is 4. The van der Waals surface area contributed by atoms with Crippen molar-refractivity contribution in [2.45, 2.75) is 61.4 Å². The average molecular weight is 354 g/mol. The predicted molar refractivity (Wildman–Crippen MR) is 68.6 cm³/mol. The molecule has 0 radical (unpaired) electrons. The van der Waals surface area contributed by atoms with Crippen LogP contribution in [-0.4, -0.2) is 115 Å². The lowest BCUT2D eigenvalue weighted by molar-refractivity contribution is -0.376. The molecule has 11 nitrogen and oxygen atoms in total. The minimum Gasteiger partial charge on any atom is -0.394 e. The van der Waals surface area contributed by atoms with E-state index in [0.717, 1.165) is 0 Å². The summed E-state index contributed by atoms with van der Waals surface area (Å²) in [4.78, 5) is 0. The second kappa shape index (κ2) is 7.63. The first-order valence-corrected chi connectivity index (χ1v) is 7.08. The molecule has 0 spiro atoms. The SMILES string of the molecule is O[13CH2][13C@H]1O[13C@H](O[13C@H]2O[13C@H]([13CH2]O)[13C@@H](O)[13C@H](O)[13C@H]2O)[13C@H](O)[13C@@H](O)[13C@@H]1O. The van der Waals surface area contributed by atoms with E-state index in [2.05, 4.69) is 0 Å². The molecular weight excluding hydrogens is 332 g/mol. The summed E-state index contributed by atoms with van der Waals surface area (Å²) in [7, 11) is 0. The van der Waals surface area contributed by atoms with Gasteiger partial charge in [-0.05, 0) is 0 Å². The standard InChI is InChI=1S/C12H22O11/c13-1-3-5(15)7(17)9(19)11(21-3)23-12-10(20)8(18)6(16)4(2-14)22-12/h3-20H,1-2H2/t3-,4-,5-,6-,7+,8+,9-,10-,11-,12-/m1/s1/i1+1,2+1,3+1,4+1,5+1,6+1,7+1,8+1,9+1,10+1,11+1,12+1. The highest BCUT2D eigenvalue weighted by Crippen LogP contribution is 2.27. The molecule has 0 amide bonds. The van der Waals surface area contributed by atoms with E-state index in [1.807, 2.05) is 0 Å². The molecule has 0 saturated carbocycles. The van der Waals surface area contributed by atoms with Crippen LogP contribution in [0.5, 0.6) is 0 Å². The molecule has 2 rings (SSSR count). The fourth-order valence-corrected chi connectivity index (χ4v) is 2.49. The van der Waals surface area contributed by atoms with Crippen LogP contribution in [0.3, 0.4) is 0 Å². The summed E-state index contributed by atoms with van der Waals surface area (Å²) in [5.41, 5.74) is 0. The number of hydrogen-bond donors (Lipinski definition) is 8. The van der Waals surface area contributed by atoms with Gasteiger partial charge in [0.15, 0.2) is 12.6 Å². The maximum absolute atomic E-state index is 9.84. The van der Waals surface area contributed by atoms with Crippen LogP contribution in [-0.2, 0) is 14.2 Å². The lowest BCUT2D eigenvalue weighted by Gasteiger charge is -2.44. The quantitative estimate of drug-likeness (QED) is 0.225. The molecule has 0 bridgehead atoms. The molecule has 0 aromatic carbocycles. The van der Waals surface area contributed by atoms with E-state index < -0.39 is 74.6 Å². The van der Waals surface area contributed by atoms with Crippen LogP contribution >= 0.6 is 0 Å². The average Bonchev–Trinajstić information content (AvgIpc) is 2.55. The number of ether oxygens (including phenoxy) is 3. The Balaban J connectivity index is 2.07. The van der Waals surface area contributed by atoms with E-state index in [4.69, 9.17) is 24.4 Å². The Morgan fingerprint density at radius 3 is 1.22 bits per heavy atom. The van der Waals surface area contributed by atoms with Crippen LogP contribution in [0.15, 0.2) is 0 Å². The molecule has 0 aromatic heterocycles. The summed E-state index contributed by atoms with van der Waals surface area (Å²) in [6, 6.07) is 0. The molecule has 8 N–H and O–H groups in total. The molecule has 23 heavy (non-hydrogen) atoms. The van der Waals surface area contributed by atoms with Crippen molar-refractivity contribution in [1.82, 2.24) is 0 Å². The monoisotopic (exact) mass is 354 g/mol. The van der Waals surface area contributed by atoms with Gasteiger partial charge in [0.2, 0.25) is 0 Å². The van der Waals surface area contributed by atoms with Gasteiger partial charge < -0.3 is 55.1 Å². The van der Waals surface area contributed by atoms with Crippen LogP contribution in [0.25, 0.3) is 0 Å². The predicted octanol–water partition coefficient (Wildman–Crippen LogP) is -5.40. The zero-order chi connectivity index (χ0) is 17.3. The molecular formula is C12H22O11. The van der Waals surface area contributed by atoms with Gasteiger partial charge in [0.25, 0.3) is 0 Å². The van der Waals surface area contributed by atoms with E-state index in [1.54, 1.807) is 0 Å². The van der Waals surface area contributed by atoms with Gasteiger partial charge in [-0.15, -0.1) is 0 Å². The number of aliphatic hydroxyl groups excluding tert-OH is 8. The Kier molecular flexibility index (Phi) is 6.27. The smallest absolute Gasteiger partial charge is 0.189 e. The highest BCUT2D eigenvalue weighted by atomic mass is 17.0. The highest BCUT2D eigenvalue weighted by molar-refractivity contribution is 4.92. The second-order valence-corrected chi connectivity index (χ2v) is 5.53. The first-order valence-electron chi connectivity index (χ1n) is 7.08. The van der Waals surface area contributed by atoms with Gasteiger partial charge >= 0.3 is 0 Å². The van der Waals surface area contributed by atoms with Crippen molar-refractivity contribution in [1.29, 1.82) is 0 Å². The molecule has 136 valence electrons. The van der Waals surface area contributed by atoms with Crippen molar-refractivity contribution in [3.63, 3.8) is 0 Å². The summed E-state index contributed by atoms with van der Waals surface area (Å²) in [6.45, 7) is -1.33. The van der Waals surface area contributed by atoms with Gasteiger partial charge in [-0.2, -0.15) is 0 Å². The summed E-state index contributed by atoms with van der Waals surface area (Å²) >= 11 is 0. The molecule has 0 aromatic rings. The van der Waals surface area contributed by atoms with Gasteiger partial charge in [-0.1, -0.05) is 0 Å². The van der Waals surface area contributed by atoms with Crippen LogP contribution in [0.2, 0.25) is 0 Å². The zero-order valence-electron chi connectivity index (χ0n) is 12.0. The van der Waals surface area contributed by atoms with E-state index >= 15 is 0 Å². The normalized spacial score (nSPS) is 51.7. The summed E-state index contributed by atoms with van der Waals surface area (Å²) in [5, 5.41) is 76.4. The minimum absolute atomic E-state index is 0.667. The summed E-state index contributed by atoms with van der Waals surface area (Å²) in [5.74, 6) is 0. The second-order valence-electron chi connectivity index (χ2n) is 5.53. The first kappa shape index (κ1) is 18.9. The van der Waals surface area contributed by atoms with Crippen molar-refractivity contribution < 1.29 is 55.1 Å². The third kappa shape index (κ3) is 3.65. The zero-order valence-corrected chi connectivity index (χ0v) is 12.0. The topological polar surface area (TPSA) is 190 Å². The number of hydrogen-bond acceptors (Lipinski definition) is 11. The Bertz CT molecular complexity index is 344. The number of aliphatic hydroxyl groups is 8. The third-order valence-electron chi connectivity index (χ3n) is 3.97. The van der Waals surface area contributed by atoms with Gasteiger partial charge in [0.1, 0.15) is 48.8 Å². The van der Waals surface area contributed by atoms with Crippen LogP contribution in [0, 0.1) is 0 Å². The van der Waals surface area contributed by atoms with Crippen molar-refractivity contribution in [3.8, 4) is 0 Å². The van der Waals surface area contributed by atoms with E-state index in [1.165, 1.54) is 0 Å². The largest absolute Gasteiger partial charge is 0.394 e. The molecule has 2 aliphatic rings. The van der Waals surface area contributed by atoms with Crippen molar-refractivity contribution in [2.75, 3.05) is 13.2 Å². The molecule has 2 fully saturated rings. The van der Waals surface area contributed by atoms with E-state index in [-0.39, 0.29) is 0 Å². The minimum atomic E-state index is -1.72. The van der Waals surface area contributed by atoms with Crippen LogP contribution in [0.4, 0.5) is 0 Å². The van der Waals surface area contributed by atoms with Gasteiger partial charge in [0, 0.05) is 0 Å². The Labute approximate surface area is 130 Å². The third-order valence-corrected chi connectivity index (χ3v) is 3.97. The Morgan fingerprint density at radius 1 is 0.565 bits per heavy atom. The van der Waals surface area contributed by atoms with E-state index in [0.29, 0.717) is 0 Å². The summed E-state index contributed by atoms with van der Waals surface area (Å²) in [6.07, 6.45) is -15.6. The fourth-order valence-electron chi connectivity index (χ4n) is 2.49. The lowest BCUT2D eigenvalue weighted by atomic mass is 10.9. The molecule has 10 atom stereocenters. The van der Waals surface area contributed by atoms with Crippen molar-refractivity contribution >= 4 is 0 Å². The van der Waals surface area contributed by atoms with Gasteiger partial charge in [0.05, 0.1) is 13.2 Å². The fraction of sp³-hybridized carbons (Fsp3) is 1.00. The van der Waals surface area contributed by atoms with Crippen molar-refractivity contribution in [3.05, 3.63) is 0 Å². The maximum atomic E-state index is 9.84. The first-order chi connectivity index (χ1) is 10.8. The van der Waals surface area contributed by atoms with Crippen LogP contribution < -0.4 is 0 Å². The highest BCUT2D eigenvalue weighted by Gasteiger charge is 2.49. The molecule has 0 unspecified atom stereocenters. The molecule has 2 saturated heterocycles. The molecule has 0 aliphatic carbocycles. The lowest BCUT2D eigenvalue weighted by Crippen LogP contribution is -2.63. The Morgan fingerprint density at radius 2 is 0.913 bits per heavy atom. The maximum Gasteiger partial charge on any atom is 0.189 e. The van der Waals surface area contributed by atoms with Gasteiger partial charge in [-0.25, -0.2) is 0 Å². The molecule has 2 aliphatic heterocycles. The van der Waals surface area contributed by atoms with E-state index in [9.17, 15) is 30.6 Å². The summed E-state index contributed by atoms with van der Waals surface area (Å²) < 4.78 is 15.3. The Hall–Kier alpha value is -0.440. The molecule has 2 heterocycles. The molecule has 11 heteroatoms. The van der Waals surface area contributed by atoms with Crippen LogP contribution in [0.1, 0.15) is 0 Å². The van der Waals surface area contributed by atoms with Gasteiger partial charge in [-0.3, -0.25) is 0 Å². The van der Waals surface area contributed by atoms with Crippen molar-refractivity contribution in [2.24, 2.45) is 0 Å².